The van der Waals surface area contributed by atoms with Crippen LogP contribution in [0.2, 0.25) is 0 Å². The van der Waals surface area contributed by atoms with Crippen LogP contribution in [-0.2, 0) is 4.79 Å². The normalized spacial score (nSPS) is 25.8. The molecule has 0 radical (unpaired) electrons. The quantitative estimate of drug-likeness (QED) is 0.844. The van der Waals surface area contributed by atoms with Crippen LogP contribution in [0.3, 0.4) is 0 Å². The van der Waals surface area contributed by atoms with Crippen molar-refractivity contribution >= 4 is 5.91 Å². The molecule has 0 saturated carbocycles. The first-order valence-electron chi connectivity index (χ1n) is 8.87. The highest BCUT2D eigenvalue weighted by Crippen LogP contribution is 2.19. The van der Waals surface area contributed by atoms with Gasteiger partial charge in [0.05, 0.1) is 6.54 Å². The molecule has 2 rings (SSSR count). The van der Waals surface area contributed by atoms with Crippen molar-refractivity contribution in [2.24, 2.45) is 5.92 Å². The highest BCUT2D eigenvalue weighted by Gasteiger charge is 2.23. The third kappa shape index (κ3) is 6.35. The Balaban J connectivity index is 1.73. The van der Waals surface area contributed by atoms with E-state index in [0.717, 1.165) is 19.0 Å². The first-order valence-corrected chi connectivity index (χ1v) is 8.87. The summed E-state index contributed by atoms with van der Waals surface area (Å²) in [6.07, 6.45) is 8.12. The molecule has 0 aromatic rings. The summed E-state index contributed by atoms with van der Waals surface area (Å²) in [6, 6.07) is 0.246. The molecule has 0 aliphatic carbocycles. The molecule has 21 heavy (non-hydrogen) atoms. The summed E-state index contributed by atoms with van der Waals surface area (Å²) in [6.45, 7) is 10.6. The van der Waals surface area contributed by atoms with Crippen molar-refractivity contribution in [2.75, 3.05) is 39.3 Å². The standard InChI is InChI=1S/C17H33N3O/c1-15(2)18-17(21)14-20-11-7-8-16(13-20)12-19-9-5-3-4-6-10-19/h15-16H,3-14H2,1-2H3,(H,18,21)/t16-/m1/s1. The fraction of sp³-hybridized carbons (Fsp3) is 0.941. The molecule has 1 atom stereocenters. The second-order valence-electron chi connectivity index (χ2n) is 7.18. The van der Waals surface area contributed by atoms with E-state index in [2.05, 4.69) is 15.1 Å². The average Bonchev–Trinajstić information content (AvgIpc) is 2.66. The van der Waals surface area contributed by atoms with Gasteiger partial charge in [0.2, 0.25) is 5.91 Å². The molecule has 1 amide bonds. The summed E-state index contributed by atoms with van der Waals surface area (Å²) < 4.78 is 0. The number of carbonyl (C=O) groups is 1. The maximum Gasteiger partial charge on any atom is 0.234 e. The number of carbonyl (C=O) groups excluding carboxylic acids is 1. The number of likely N-dealkylation sites (tertiary alicyclic amines) is 2. The van der Waals surface area contributed by atoms with Gasteiger partial charge >= 0.3 is 0 Å². The van der Waals surface area contributed by atoms with Crippen molar-refractivity contribution in [3.63, 3.8) is 0 Å². The molecule has 1 N–H and O–H groups in total. The Labute approximate surface area is 130 Å². The molecule has 0 unspecified atom stereocenters. The number of hydrogen-bond acceptors (Lipinski definition) is 3. The van der Waals surface area contributed by atoms with Gasteiger partial charge in [-0.1, -0.05) is 12.8 Å². The minimum atomic E-state index is 0.181. The molecule has 122 valence electrons. The average molecular weight is 295 g/mol. The van der Waals surface area contributed by atoms with Crippen LogP contribution in [0.25, 0.3) is 0 Å². The van der Waals surface area contributed by atoms with Gasteiger partial charge in [-0.3, -0.25) is 9.69 Å². The fourth-order valence-electron chi connectivity index (χ4n) is 3.70. The van der Waals surface area contributed by atoms with Crippen molar-refractivity contribution < 1.29 is 4.79 Å². The number of hydrogen-bond donors (Lipinski definition) is 1. The Bertz CT molecular complexity index is 311. The van der Waals surface area contributed by atoms with E-state index in [4.69, 9.17) is 0 Å². The molecule has 0 bridgehead atoms. The Morgan fingerprint density at radius 1 is 1.05 bits per heavy atom. The van der Waals surface area contributed by atoms with Gasteiger partial charge in [0.1, 0.15) is 0 Å². The van der Waals surface area contributed by atoms with Crippen LogP contribution in [0, 0.1) is 5.92 Å². The molecule has 2 saturated heterocycles. The molecular weight excluding hydrogens is 262 g/mol. The Morgan fingerprint density at radius 3 is 2.38 bits per heavy atom. The molecule has 4 nitrogen and oxygen atoms in total. The third-order valence-electron chi connectivity index (χ3n) is 4.64. The van der Waals surface area contributed by atoms with Gasteiger partial charge in [-0.15, -0.1) is 0 Å². The van der Waals surface area contributed by atoms with Gasteiger partial charge < -0.3 is 10.2 Å². The molecule has 0 aromatic carbocycles. The van der Waals surface area contributed by atoms with Gasteiger partial charge in [-0.2, -0.15) is 0 Å². The lowest BCUT2D eigenvalue weighted by molar-refractivity contribution is -0.123. The van der Waals surface area contributed by atoms with Crippen LogP contribution < -0.4 is 5.32 Å². The molecule has 2 aliphatic heterocycles. The Kier molecular flexibility index (Phi) is 6.97. The largest absolute Gasteiger partial charge is 0.353 e. The van der Waals surface area contributed by atoms with Gasteiger partial charge in [-0.25, -0.2) is 0 Å². The van der Waals surface area contributed by atoms with Crippen molar-refractivity contribution in [1.82, 2.24) is 15.1 Å². The molecule has 2 aliphatic rings. The van der Waals surface area contributed by atoms with E-state index in [1.54, 1.807) is 0 Å². The number of amides is 1. The van der Waals surface area contributed by atoms with E-state index in [9.17, 15) is 4.79 Å². The third-order valence-corrected chi connectivity index (χ3v) is 4.64. The first kappa shape index (κ1) is 16.8. The van der Waals surface area contributed by atoms with E-state index < -0.39 is 0 Å². The monoisotopic (exact) mass is 295 g/mol. The summed E-state index contributed by atoms with van der Waals surface area (Å²) >= 11 is 0. The van der Waals surface area contributed by atoms with E-state index >= 15 is 0 Å². The predicted octanol–water partition coefficient (Wildman–Crippen LogP) is 2.10. The lowest BCUT2D eigenvalue weighted by Crippen LogP contribution is -2.46. The van der Waals surface area contributed by atoms with Crippen LogP contribution in [0.4, 0.5) is 0 Å². The Morgan fingerprint density at radius 2 is 1.71 bits per heavy atom. The number of piperidine rings is 1. The van der Waals surface area contributed by atoms with Crippen molar-refractivity contribution in [3.8, 4) is 0 Å². The summed E-state index contributed by atoms with van der Waals surface area (Å²) in [5.74, 6) is 0.934. The molecular formula is C17H33N3O. The highest BCUT2D eigenvalue weighted by molar-refractivity contribution is 5.78. The van der Waals surface area contributed by atoms with Crippen molar-refractivity contribution in [1.29, 1.82) is 0 Å². The second-order valence-corrected chi connectivity index (χ2v) is 7.18. The van der Waals surface area contributed by atoms with E-state index in [1.807, 2.05) is 13.8 Å². The second kappa shape index (κ2) is 8.74. The zero-order chi connectivity index (χ0) is 15.1. The van der Waals surface area contributed by atoms with Crippen LogP contribution in [0.5, 0.6) is 0 Å². The van der Waals surface area contributed by atoms with Crippen molar-refractivity contribution in [3.05, 3.63) is 0 Å². The summed E-state index contributed by atoms with van der Waals surface area (Å²) in [4.78, 5) is 16.9. The predicted molar refractivity (Wildman–Crippen MR) is 87.4 cm³/mol. The Hall–Kier alpha value is -0.610. The van der Waals surface area contributed by atoms with Gasteiger partial charge in [0.15, 0.2) is 0 Å². The zero-order valence-corrected chi connectivity index (χ0v) is 13.9. The minimum absolute atomic E-state index is 0.181. The van der Waals surface area contributed by atoms with Crippen LogP contribution >= 0.6 is 0 Å². The van der Waals surface area contributed by atoms with Crippen LogP contribution in [0.1, 0.15) is 52.4 Å². The minimum Gasteiger partial charge on any atom is -0.353 e. The molecule has 0 aromatic heterocycles. The number of nitrogens with one attached hydrogen (secondary N) is 1. The van der Waals surface area contributed by atoms with Gasteiger partial charge in [0.25, 0.3) is 0 Å². The van der Waals surface area contributed by atoms with Gasteiger partial charge in [0, 0.05) is 19.1 Å². The van der Waals surface area contributed by atoms with Gasteiger partial charge in [-0.05, 0) is 65.1 Å². The van der Waals surface area contributed by atoms with E-state index in [-0.39, 0.29) is 11.9 Å². The maximum atomic E-state index is 11.9. The summed E-state index contributed by atoms with van der Waals surface area (Å²) in [5.41, 5.74) is 0. The molecule has 2 fully saturated rings. The molecule has 0 spiro atoms. The smallest absolute Gasteiger partial charge is 0.234 e. The van der Waals surface area contributed by atoms with Crippen molar-refractivity contribution in [2.45, 2.75) is 58.4 Å². The summed E-state index contributed by atoms with van der Waals surface area (Å²) in [7, 11) is 0. The zero-order valence-electron chi connectivity index (χ0n) is 13.9. The number of nitrogens with zero attached hydrogens (tertiary/aromatic N) is 2. The van der Waals surface area contributed by atoms with E-state index in [0.29, 0.717) is 6.54 Å². The van der Waals surface area contributed by atoms with E-state index in [1.165, 1.54) is 58.2 Å². The lowest BCUT2D eigenvalue weighted by Gasteiger charge is -2.35. The molecule has 4 heteroatoms. The highest BCUT2D eigenvalue weighted by atomic mass is 16.2. The van der Waals surface area contributed by atoms with Crippen LogP contribution in [-0.4, -0.2) is 61.0 Å². The maximum absolute atomic E-state index is 11.9. The summed E-state index contributed by atoms with van der Waals surface area (Å²) in [5, 5.41) is 3.00. The first-order chi connectivity index (χ1) is 10.1. The lowest BCUT2D eigenvalue weighted by atomic mass is 9.97. The number of rotatable bonds is 5. The topological polar surface area (TPSA) is 35.6 Å². The van der Waals surface area contributed by atoms with Crippen LogP contribution in [0.15, 0.2) is 0 Å². The SMILES string of the molecule is CC(C)NC(=O)CN1CCC[C@H](CN2CCCCCC2)C1. The molecule has 2 heterocycles. The fourth-order valence-corrected chi connectivity index (χ4v) is 3.70.